The van der Waals surface area contributed by atoms with Crippen LogP contribution in [-0.4, -0.2) is 41.3 Å². The van der Waals surface area contributed by atoms with Gasteiger partial charge in [-0.25, -0.2) is 13.1 Å². The number of fused-ring (bicyclic) bond motifs is 1. The number of benzene rings is 1. The molecule has 1 aromatic carbocycles. The standard InChI is InChI=1S/C15H15F3N6O2S/c1-10-2-4-11(5-3-10)27(25,26)20-9-8-19-12-6-7-13-21-22-14(15(16,17)18)24(13)23-12/h2-7,20H,8-9H2,1H3,(H,19,23). The summed E-state index contributed by atoms with van der Waals surface area (Å²) in [5.41, 5.74) is 0.886. The predicted molar refractivity (Wildman–Crippen MR) is 90.6 cm³/mol. The van der Waals surface area contributed by atoms with E-state index in [-0.39, 0.29) is 29.5 Å². The molecule has 0 aliphatic heterocycles. The predicted octanol–water partition coefficient (Wildman–Crippen LogP) is 1.84. The third kappa shape index (κ3) is 4.34. The van der Waals surface area contributed by atoms with Crippen molar-refractivity contribution in [3.63, 3.8) is 0 Å². The number of rotatable bonds is 6. The lowest BCUT2D eigenvalue weighted by Crippen LogP contribution is -2.29. The summed E-state index contributed by atoms with van der Waals surface area (Å²) in [5.74, 6) is -1.11. The molecule has 2 aromatic heterocycles. The minimum atomic E-state index is -4.69. The van der Waals surface area contributed by atoms with E-state index < -0.39 is 22.0 Å². The zero-order valence-corrected chi connectivity index (χ0v) is 14.8. The molecule has 0 saturated carbocycles. The average molecular weight is 400 g/mol. The zero-order chi connectivity index (χ0) is 19.7. The number of hydrogen-bond acceptors (Lipinski definition) is 6. The number of hydrogen-bond donors (Lipinski definition) is 2. The molecular formula is C15H15F3N6O2S. The Hall–Kier alpha value is -2.73. The molecule has 0 aliphatic rings. The van der Waals surface area contributed by atoms with Crippen molar-refractivity contribution in [3.8, 4) is 0 Å². The molecule has 2 heterocycles. The number of halogens is 3. The maximum Gasteiger partial charge on any atom is 0.453 e. The van der Waals surface area contributed by atoms with Crippen molar-refractivity contribution in [2.75, 3.05) is 18.4 Å². The number of anilines is 1. The van der Waals surface area contributed by atoms with E-state index in [0.29, 0.717) is 4.52 Å². The summed E-state index contributed by atoms with van der Waals surface area (Å²) in [4.78, 5) is 0.131. The third-order valence-electron chi connectivity index (χ3n) is 3.57. The Labute approximate surface area is 152 Å². The molecule has 144 valence electrons. The van der Waals surface area contributed by atoms with Crippen molar-refractivity contribution in [2.45, 2.75) is 18.0 Å². The first-order valence-corrected chi connectivity index (χ1v) is 9.25. The highest BCUT2D eigenvalue weighted by Gasteiger charge is 2.37. The molecule has 0 aliphatic carbocycles. The van der Waals surface area contributed by atoms with Gasteiger partial charge in [0.1, 0.15) is 5.82 Å². The van der Waals surface area contributed by atoms with Crippen LogP contribution in [0.15, 0.2) is 41.3 Å². The third-order valence-corrected chi connectivity index (χ3v) is 5.05. The van der Waals surface area contributed by atoms with Gasteiger partial charge in [-0.1, -0.05) is 17.7 Å². The van der Waals surface area contributed by atoms with E-state index >= 15 is 0 Å². The number of nitrogens with zero attached hydrogens (tertiary/aromatic N) is 4. The molecule has 0 fully saturated rings. The van der Waals surface area contributed by atoms with Gasteiger partial charge in [-0.3, -0.25) is 0 Å². The van der Waals surface area contributed by atoms with Crippen LogP contribution in [0.2, 0.25) is 0 Å². The lowest BCUT2D eigenvalue weighted by Gasteiger charge is -2.09. The first kappa shape index (κ1) is 19.0. The zero-order valence-electron chi connectivity index (χ0n) is 14.0. The van der Waals surface area contributed by atoms with Gasteiger partial charge in [-0.05, 0) is 31.2 Å². The van der Waals surface area contributed by atoms with Crippen LogP contribution in [0, 0.1) is 6.92 Å². The highest BCUT2D eigenvalue weighted by molar-refractivity contribution is 7.89. The van der Waals surface area contributed by atoms with E-state index in [0.717, 1.165) is 5.56 Å². The largest absolute Gasteiger partial charge is 0.453 e. The highest BCUT2D eigenvalue weighted by Crippen LogP contribution is 2.27. The minimum absolute atomic E-state index is 0.0181. The van der Waals surface area contributed by atoms with Crippen molar-refractivity contribution >= 4 is 21.5 Å². The Kier molecular flexibility index (Phi) is 5.02. The van der Waals surface area contributed by atoms with Crippen LogP contribution < -0.4 is 10.0 Å². The van der Waals surface area contributed by atoms with E-state index in [1.54, 1.807) is 12.1 Å². The maximum absolute atomic E-state index is 12.8. The fourth-order valence-corrected chi connectivity index (χ4v) is 3.27. The molecule has 0 unspecified atom stereocenters. The fraction of sp³-hybridized carbons (Fsp3) is 0.267. The molecule has 8 nitrogen and oxygen atoms in total. The number of sulfonamides is 1. The Morgan fingerprint density at radius 1 is 1.04 bits per heavy atom. The van der Waals surface area contributed by atoms with E-state index in [1.807, 2.05) is 6.92 Å². The van der Waals surface area contributed by atoms with Gasteiger partial charge in [-0.15, -0.1) is 15.3 Å². The summed E-state index contributed by atoms with van der Waals surface area (Å²) in [6.07, 6.45) is -4.69. The van der Waals surface area contributed by atoms with Crippen molar-refractivity contribution in [1.82, 2.24) is 24.5 Å². The lowest BCUT2D eigenvalue weighted by atomic mass is 10.2. The first-order valence-electron chi connectivity index (χ1n) is 7.77. The second-order valence-electron chi connectivity index (χ2n) is 5.65. The number of aryl methyl sites for hydroxylation is 1. The van der Waals surface area contributed by atoms with E-state index in [1.165, 1.54) is 24.3 Å². The topological polar surface area (TPSA) is 101 Å². The summed E-state index contributed by atoms with van der Waals surface area (Å²) < 4.78 is 65.8. The number of nitrogens with one attached hydrogen (secondary N) is 2. The molecule has 0 radical (unpaired) electrons. The molecule has 2 N–H and O–H groups in total. The van der Waals surface area contributed by atoms with Crippen LogP contribution in [0.4, 0.5) is 19.0 Å². The van der Waals surface area contributed by atoms with Gasteiger partial charge in [0.15, 0.2) is 5.65 Å². The maximum atomic E-state index is 12.8. The van der Waals surface area contributed by atoms with Gasteiger partial charge >= 0.3 is 6.18 Å². The SMILES string of the molecule is Cc1ccc(S(=O)(=O)NCCNc2ccc3nnc(C(F)(F)F)n3n2)cc1. The number of aromatic nitrogens is 4. The molecule has 12 heteroatoms. The van der Waals surface area contributed by atoms with Crippen LogP contribution in [0.1, 0.15) is 11.4 Å². The molecule has 0 amide bonds. The molecule has 0 spiro atoms. The Balaban J connectivity index is 1.63. The average Bonchev–Trinajstić information content (AvgIpc) is 3.02. The molecule has 0 atom stereocenters. The fourth-order valence-electron chi connectivity index (χ4n) is 2.24. The summed E-state index contributed by atoms with van der Waals surface area (Å²) in [5, 5.41) is 13.0. The summed E-state index contributed by atoms with van der Waals surface area (Å²) in [6.45, 7) is 1.98. The second kappa shape index (κ2) is 7.12. The van der Waals surface area contributed by atoms with Crippen LogP contribution >= 0.6 is 0 Å². The Morgan fingerprint density at radius 3 is 2.41 bits per heavy atom. The molecular weight excluding hydrogens is 385 g/mol. The highest BCUT2D eigenvalue weighted by atomic mass is 32.2. The van der Waals surface area contributed by atoms with Crippen LogP contribution in [0.3, 0.4) is 0 Å². The molecule has 0 bridgehead atoms. The van der Waals surface area contributed by atoms with Gasteiger partial charge in [0.05, 0.1) is 4.90 Å². The van der Waals surface area contributed by atoms with Crippen molar-refractivity contribution < 1.29 is 21.6 Å². The van der Waals surface area contributed by atoms with Gasteiger partial charge < -0.3 is 5.32 Å². The van der Waals surface area contributed by atoms with Crippen molar-refractivity contribution in [3.05, 3.63) is 47.8 Å². The number of alkyl halides is 3. The molecule has 3 aromatic rings. The second-order valence-corrected chi connectivity index (χ2v) is 7.41. The van der Waals surface area contributed by atoms with Crippen LogP contribution in [-0.2, 0) is 16.2 Å². The quantitative estimate of drug-likeness (QED) is 0.613. The van der Waals surface area contributed by atoms with Gasteiger partial charge in [-0.2, -0.15) is 17.7 Å². The van der Waals surface area contributed by atoms with Crippen molar-refractivity contribution in [1.29, 1.82) is 0 Å². The smallest absolute Gasteiger partial charge is 0.367 e. The van der Waals surface area contributed by atoms with Crippen LogP contribution in [0.5, 0.6) is 0 Å². The Morgan fingerprint density at radius 2 is 1.74 bits per heavy atom. The summed E-state index contributed by atoms with van der Waals surface area (Å²) in [6, 6.07) is 9.11. The van der Waals surface area contributed by atoms with Gasteiger partial charge in [0, 0.05) is 13.1 Å². The lowest BCUT2D eigenvalue weighted by molar-refractivity contribution is -0.146. The molecule has 0 saturated heterocycles. The normalized spacial score (nSPS) is 12.4. The van der Waals surface area contributed by atoms with Gasteiger partial charge in [0.25, 0.3) is 5.82 Å². The van der Waals surface area contributed by atoms with Crippen LogP contribution in [0.25, 0.3) is 5.65 Å². The minimum Gasteiger partial charge on any atom is -0.367 e. The first-order chi connectivity index (χ1) is 12.7. The summed E-state index contributed by atoms with van der Waals surface area (Å²) in [7, 11) is -3.67. The van der Waals surface area contributed by atoms with E-state index in [2.05, 4.69) is 25.3 Å². The van der Waals surface area contributed by atoms with Gasteiger partial charge in [0.2, 0.25) is 10.0 Å². The molecule has 27 heavy (non-hydrogen) atoms. The van der Waals surface area contributed by atoms with E-state index in [9.17, 15) is 21.6 Å². The summed E-state index contributed by atoms with van der Waals surface area (Å²) >= 11 is 0. The van der Waals surface area contributed by atoms with E-state index in [4.69, 9.17) is 0 Å². The van der Waals surface area contributed by atoms with Crippen molar-refractivity contribution in [2.24, 2.45) is 0 Å². The molecule has 3 rings (SSSR count). The monoisotopic (exact) mass is 400 g/mol. The Bertz CT molecular complexity index is 1050.